The Labute approximate surface area is 275 Å². The van der Waals surface area contributed by atoms with E-state index in [1.54, 1.807) is 0 Å². The van der Waals surface area contributed by atoms with Gasteiger partial charge in [0.25, 0.3) is 0 Å². The second kappa shape index (κ2) is 10.6. The predicted molar refractivity (Wildman–Crippen MR) is 195 cm³/mol. The quantitative estimate of drug-likeness (QED) is 0.197. The summed E-state index contributed by atoms with van der Waals surface area (Å²) in [5.41, 5.74) is 8.20. The summed E-state index contributed by atoms with van der Waals surface area (Å²) >= 11 is 0. The molecule has 0 saturated heterocycles. The zero-order chi connectivity index (χ0) is 31.6. The van der Waals surface area contributed by atoms with Gasteiger partial charge in [-0.15, -0.1) is 0 Å². The minimum Gasteiger partial charge on any atom is -0.456 e. The fraction of sp³-hybridized carbons (Fsp3) is 0.0465. The van der Waals surface area contributed by atoms with Crippen molar-refractivity contribution in [3.8, 4) is 33.9 Å². The van der Waals surface area contributed by atoms with E-state index in [0.717, 1.165) is 89.9 Å². The number of fused-ring (bicyclic) bond motifs is 7. The molecule has 48 heavy (non-hydrogen) atoms. The number of allylic oxidation sites excluding steroid dienone is 4. The molecule has 226 valence electrons. The van der Waals surface area contributed by atoms with Gasteiger partial charge >= 0.3 is 0 Å². The number of benzene rings is 6. The van der Waals surface area contributed by atoms with E-state index in [9.17, 15) is 0 Å². The molecule has 0 aliphatic heterocycles. The summed E-state index contributed by atoms with van der Waals surface area (Å²) in [5, 5.41) is 6.47. The van der Waals surface area contributed by atoms with Crippen LogP contribution < -0.4 is 0 Å². The van der Waals surface area contributed by atoms with Crippen LogP contribution in [0.3, 0.4) is 0 Å². The molecule has 1 aliphatic carbocycles. The molecule has 0 unspecified atom stereocenters. The Bertz CT molecular complexity index is 2790. The van der Waals surface area contributed by atoms with Crippen molar-refractivity contribution in [2.24, 2.45) is 0 Å². The van der Waals surface area contributed by atoms with E-state index in [-0.39, 0.29) is 0 Å². The molecule has 0 radical (unpaired) electrons. The van der Waals surface area contributed by atoms with Crippen LogP contribution in [0.25, 0.3) is 94.1 Å². The second-order valence-corrected chi connectivity index (χ2v) is 12.3. The molecule has 3 heterocycles. The summed E-state index contributed by atoms with van der Waals surface area (Å²) in [6, 6.07) is 41.7. The van der Waals surface area contributed by atoms with Crippen LogP contribution in [0.1, 0.15) is 18.7 Å². The van der Waals surface area contributed by atoms with Gasteiger partial charge in [0, 0.05) is 38.2 Å². The highest BCUT2D eigenvalue weighted by atomic mass is 16.3. The molecule has 10 rings (SSSR count). The second-order valence-electron chi connectivity index (χ2n) is 12.3. The van der Waals surface area contributed by atoms with Gasteiger partial charge in [0.1, 0.15) is 22.3 Å². The lowest BCUT2D eigenvalue weighted by molar-refractivity contribution is 0.668. The topological polar surface area (TPSA) is 65.0 Å². The number of furan rings is 2. The van der Waals surface area contributed by atoms with E-state index >= 15 is 0 Å². The fourth-order valence-electron chi connectivity index (χ4n) is 7.06. The SMILES string of the molecule is C1=CC(c2nc(-c3ccccc3)nc(-c3cc(-c4cccc5oc6cc7ccccc7cc6c45)cc4oc5ccccc5c34)n2)=CCC1. The van der Waals surface area contributed by atoms with Crippen LogP contribution in [0.15, 0.2) is 148 Å². The fourth-order valence-corrected chi connectivity index (χ4v) is 7.06. The average molecular weight is 618 g/mol. The minimum atomic E-state index is 0.604. The van der Waals surface area contributed by atoms with Gasteiger partial charge in [0.15, 0.2) is 17.5 Å². The van der Waals surface area contributed by atoms with Crippen molar-refractivity contribution in [1.82, 2.24) is 15.0 Å². The van der Waals surface area contributed by atoms with E-state index < -0.39 is 0 Å². The van der Waals surface area contributed by atoms with Gasteiger partial charge in [-0.2, -0.15) is 0 Å². The number of aromatic nitrogens is 3. The van der Waals surface area contributed by atoms with Crippen LogP contribution in [-0.2, 0) is 0 Å². The molecule has 5 heteroatoms. The number of nitrogens with zero attached hydrogens (tertiary/aromatic N) is 3. The molecular formula is C43H27N3O2. The Kier molecular flexibility index (Phi) is 5.93. The molecule has 0 spiro atoms. The first-order valence-electron chi connectivity index (χ1n) is 16.3. The van der Waals surface area contributed by atoms with Crippen molar-refractivity contribution in [3.63, 3.8) is 0 Å². The molecular weight excluding hydrogens is 590 g/mol. The zero-order valence-electron chi connectivity index (χ0n) is 25.9. The zero-order valence-corrected chi connectivity index (χ0v) is 25.9. The highest BCUT2D eigenvalue weighted by molar-refractivity contribution is 6.18. The monoisotopic (exact) mass is 617 g/mol. The third kappa shape index (κ3) is 4.28. The Morgan fingerprint density at radius 1 is 0.458 bits per heavy atom. The summed E-state index contributed by atoms with van der Waals surface area (Å²) in [7, 11) is 0. The van der Waals surface area contributed by atoms with Gasteiger partial charge < -0.3 is 8.83 Å². The van der Waals surface area contributed by atoms with Crippen LogP contribution in [0.4, 0.5) is 0 Å². The van der Waals surface area contributed by atoms with Gasteiger partial charge in [0.2, 0.25) is 0 Å². The maximum Gasteiger partial charge on any atom is 0.164 e. The summed E-state index contributed by atoms with van der Waals surface area (Å²) in [6.07, 6.45) is 8.48. The van der Waals surface area contributed by atoms with Crippen molar-refractivity contribution in [2.45, 2.75) is 12.8 Å². The maximum absolute atomic E-state index is 6.56. The Balaban J connectivity index is 1.28. The van der Waals surface area contributed by atoms with Crippen molar-refractivity contribution >= 4 is 60.2 Å². The third-order valence-electron chi connectivity index (χ3n) is 9.31. The van der Waals surface area contributed by atoms with Crippen LogP contribution >= 0.6 is 0 Å². The summed E-state index contributed by atoms with van der Waals surface area (Å²) in [5.74, 6) is 1.90. The first kappa shape index (κ1) is 26.8. The first-order valence-corrected chi connectivity index (χ1v) is 16.3. The highest BCUT2D eigenvalue weighted by Crippen LogP contribution is 2.43. The van der Waals surface area contributed by atoms with Gasteiger partial charge in [-0.1, -0.05) is 103 Å². The van der Waals surface area contributed by atoms with E-state index in [1.807, 2.05) is 54.6 Å². The minimum absolute atomic E-state index is 0.604. The smallest absolute Gasteiger partial charge is 0.164 e. The van der Waals surface area contributed by atoms with Crippen LogP contribution in [0, 0.1) is 0 Å². The Morgan fingerprint density at radius 2 is 1.19 bits per heavy atom. The molecule has 5 nitrogen and oxygen atoms in total. The van der Waals surface area contributed by atoms with Gasteiger partial charge in [0.05, 0.1) is 0 Å². The lowest BCUT2D eigenvalue weighted by atomic mass is 9.94. The lowest BCUT2D eigenvalue weighted by Crippen LogP contribution is -2.03. The molecule has 1 aliphatic rings. The molecule has 0 atom stereocenters. The molecule has 0 amide bonds. The van der Waals surface area contributed by atoms with Gasteiger partial charge in [-0.05, 0) is 71.1 Å². The van der Waals surface area contributed by atoms with E-state index in [0.29, 0.717) is 17.5 Å². The Hall–Kier alpha value is -6.33. The summed E-state index contributed by atoms with van der Waals surface area (Å²) in [4.78, 5) is 15.3. The average Bonchev–Trinajstić information content (AvgIpc) is 3.72. The normalized spacial score (nSPS) is 13.3. The predicted octanol–water partition coefficient (Wildman–Crippen LogP) is 11.6. The molecule has 0 bridgehead atoms. The van der Waals surface area contributed by atoms with Crippen LogP contribution in [0.2, 0.25) is 0 Å². The molecule has 3 aromatic heterocycles. The Morgan fingerprint density at radius 3 is 2.06 bits per heavy atom. The van der Waals surface area contributed by atoms with E-state index in [2.05, 4.69) is 85.0 Å². The molecule has 0 fully saturated rings. The number of hydrogen-bond donors (Lipinski definition) is 0. The van der Waals surface area contributed by atoms with E-state index in [4.69, 9.17) is 23.8 Å². The molecule has 6 aromatic carbocycles. The molecule has 9 aromatic rings. The molecule has 0 N–H and O–H groups in total. The highest BCUT2D eigenvalue weighted by Gasteiger charge is 2.22. The standard InChI is InChI=1S/C43H27N3O2/c1-3-12-26(13-4-1)41-44-42(27-14-5-2-6-15-27)46-43(45-41)34-23-30(25-38-40(34)32-18-9-10-20-35(32)47-38)31-19-11-21-36-39(31)33-22-28-16-7-8-17-29(28)24-37(33)48-36/h1,3-5,7-25H,2,6H2. The summed E-state index contributed by atoms with van der Waals surface area (Å²) < 4.78 is 13.0. The van der Waals surface area contributed by atoms with Crippen LogP contribution in [0.5, 0.6) is 0 Å². The van der Waals surface area contributed by atoms with Crippen molar-refractivity contribution < 1.29 is 8.83 Å². The number of para-hydroxylation sites is 1. The van der Waals surface area contributed by atoms with Crippen molar-refractivity contribution in [1.29, 1.82) is 0 Å². The van der Waals surface area contributed by atoms with Crippen LogP contribution in [-0.4, -0.2) is 15.0 Å². The van der Waals surface area contributed by atoms with Gasteiger partial charge in [-0.3, -0.25) is 0 Å². The van der Waals surface area contributed by atoms with Crippen molar-refractivity contribution in [2.75, 3.05) is 0 Å². The lowest BCUT2D eigenvalue weighted by Gasteiger charge is -2.12. The number of hydrogen-bond acceptors (Lipinski definition) is 5. The number of rotatable bonds is 4. The van der Waals surface area contributed by atoms with Gasteiger partial charge in [-0.25, -0.2) is 15.0 Å². The maximum atomic E-state index is 6.56. The first-order chi connectivity index (χ1) is 23.8. The van der Waals surface area contributed by atoms with Crippen molar-refractivity contribution in [3.05, 3.63) is 145 Å². The largest absolute Gasteiger partial charge is 0.456 e. The van der Waals surface area contributed by atoms with E-state index in [1.165, 1.54) is 5.39 Å². The third-order valence-corrected chi connectivity index (χ3v) is 9.31. The summed E-state index contributed by atoms with van der Waals surface area (Å²) in [6.45, 7) is 0. The molecule has 0 saturated carbocycles.